The molecule has 2 aromatic carbocycles. The van der Waals surface area contributed by atoms with E-state index in [1.54, 1.807) is 12.1 Å². The minimum Gasteiger partial charge on any atom is -0.482 e. The molecule has 144 valence electrons. The average Bonchev–Trinajstić information content (AvgIpc) is 2.66. The first-order valence-corrected chi connectivity index (χ1v) is 9.21. The van der Waals surface area contributed by atoms with Crippen LogP contribution >= 0.6 is 0 Å². The number of rotatable bonds is 9. The molecule has 0 saturated heterocycles. The topological polar surface area (TPSA) is 75.6 Å². The molecule has 5 nitrogen and oxygen atoms in total. The number of carboxylic acid groups (broad SMARTS) is 1. The smallest absolute Gasteiger partial charge is 0.341 e. The Morgan fingerprint density at radius 3 is 2.15 bits per heavy atom. The van der Waals surface area contributed by atoms with Crippen molar-refractivity contribution in [1.82, 2.24) is 5.32 Å². The molecule has 0 aliphatic heterocycles. The molecule has 1 amide bonds. The van der Waals surface area contributed by atoms with Gasteiger partial charge in [0, 0.05) is 6.42 Å². The fourth-order valence-electron chi connectivity index (χ4n) is 2.86. The molecule has 0 heterocycles. The van der Waals surface area contributed by atoms with E-state index in [2.05, 4.69) is 43.4 Å². The summed E-state index contributed by atoms with van der Waals surface area (Å²) in [4.78, 5) is 22.9. The normalized spacial score (nSPS) is 12.9. The van der Waals surface area contributed by atoms with E-state index in [0.29, 0.717) is 12.2 Å². The van der Waals surface area contributed by atoms with Gasteiger partial charge in [-0.1, -0.05) is 50.2 Å². The van der Waals surface area contributed by atoms with E-state index in [9.17, 15) is 9.59 Å². The highest BCUT2D eigenvalue weighted by molar-refractivity contribution is 5.77. The van der Waals surface area contributed by atoms with Crippen LogP contribution in [0, 0.1) is 0 Å². The van der Waals surface area contributed by atoms with Gasteiger partial charge in [-0.2, -0.15) is 0 Å². The largest absolute Gasteiger partial charge is 0.482 e. The number of carbonyl (C=O) groups is 2. The number of ether oxygens (including phenoxy) is 1. The van der Waals surface area contributed by atoms with Crippen LogP contribution in [0.15, 0.2) is 48.5 Å². The fraction of sp³-hybridized carbons (Fsp3) is 0.364. The number of amides is 1. The predicted octanol–water partition coefficient (Wildman–Crippen LogP) is 4.08. The first kappa shape index (κ1) is 20.5. The van der Waals surface area contributed by atoms with Crippen molar-refractivity contribution in [3.63, 3.8) is 0 Å². The molecule has 0 radical (unpaired) electrons. The predicted molar refractivity (Wildman–Crippen MR) is 105 cm³/mol. The third-order valence-corrected chi connectivity index (χ3v) is 4.57. The molecule has 0 fully saturated rings. The van der Waals surface area contributed by atoms with Crippen molar-refractivity contribution in [2.45, 2.75) is 45.6 Å². The Kier molecular flexibility index (Phi) is 7.41. The lowest BCUT2D eigenvalue weighted by molar-refractivity contribution is -0.139. The van der Waals surface area contributed by atoms with Gasteiger partial charge in [-0.05, 0) is 48.1 Å². The van der Waals surface area contributed by atoms with Crippen molar-refractivity contribution in [3.8, 4) is 5.75 Å². The van der Waals surface area contributed by atoms with Crippen molar-refractivity contribution in [3.05, 3.63) is 65.2 Å². The van der Waals surface area contributed by atoms with Crippen LogP contribution in [0.1, 0.15) is 55.8 Å². The number of hydrogen-bond acceptors (Lipinski definition) is 3. The molecule has 2 unspecified atom stereocenters. The Bertz CT molecular complexity index is 753. The molecule has 0 spiro atoms. The second-order valence-corrected chi connectivity index (χ2v) is 6.74. The molecule has 2 atom stereocenters. The Balaban J connectivity index is 1.87. The van der Waals surface area contributed by atoms with Crippen LogP contribution in [0.5, 0.6) is 5.75 Å². The summed E-state index contributed by atoms with van der Waals surface area (Å²) in [6.45, 7) is 5.73. The van der Waals surface area contributed by atoms with Crippen LogP contribution in [-0.2, 0) is 16.0 Å². The molecule has 2 aromatic rings. The molecule has 0 aliphatic carbocycles. The maximum Gasteiger partial charge on any atom is 0.341 e. The zero-order valence-electron chi connectivity index (χ0n) is 16.1. The van der Waals surface area contributed by atoms with Crippen molar-refractivity contribution in [1.29, 1.82) is 0 Å². The lowest BCUT2D eigenvalue weighted by atomic mass is 9.96. The zero-order valence-corrected chi connectivity index (χ0v) is 16.1. The minimum atomic E-state index is -1.02. The molecule has 0 saturated carbocycles. The molecule has 5 heteroatoms. The maximum absolute atomic E-state index is 12.4. The van der Waals surface area contributed by atoms with Gasteiger partial charge in [0.2, 0.25) is 5.91 Å². The van der Waals surface area contributed by atoms with Gasteiger partial charge >= 0.3 is 5.97 Å². The second-order valence-electron chi connectivity index (χ2n) is 6.74. The first-order chi connectivity index (χ1) is 12.9. The highest BCUT2D eigenvalue weighted by Gasteiger charge is 2.14. The van der Waals surface area contributed by atoms with Crippen LogP contribution in [-0.4, -0.2) is 23.6 Å². The standard InChI is InChI=1S/C22H27NO4/c1-4-17-5-7-18(8-6-17)15(2)13-21(24)23-16(3)19-9-11-20(12-10-19)27-14-22(25)26/h5-12,15-16H,4,13-14H2,1-3H3,(H,23,24)(H,25,26). The van der Waals surface area contributed by atoms with Crippen LogP contribution < -0.4 is 10.1 Å². The van der Waals surface area contributed by atoms with Crippen LogP contribution in [0.4, 0.5) is 0 Å². The molecule has 0 aromatic heterocycles. The van der Waals surface area contributed by atoms with E-state index >= 15 is 0 Å². The Labute approximate surface area is 160 Å². The van der Waals surface area contributed by atoms with Gasteiger partial charge in [-0.15, -0.1) is 0 Å². The van der Waals surface area contributed by atoms with Gasteiger partial charge < -0.3 is 15.2 Å². The second kappa shape index (κ2) is 9.76. The average molecular weight is 369 g/mol. The van der Waals surface area contributed by atoms with E-state index in [1.165, 1.54) is 5.56 Å². The number of carbonyl (C=O) groups excluding carboxylic acids is 1. The molecule has 0 aliphatic rings. The van der Waals surface area contributed by atoms with Crippen molar-refractivity contribution >= 4 is 11.9 Å². The highest BCUT2D eigenvalue weighted by Crippen LogP contribution is 2.21. The monoisotopic (exact) mass is 369 g/mol. The van der Waals surface area contributed by atoms with Crippen LogP contribution in [0.25, 0.3) is 0 Å². The number of benzene rings is 2. The number of nitrogens with one attached hydrogen (secondary N) is 1. The van der Waals surface area contributed by atoms with E-state index in [0.717, 1.165) is 17.5 Å². The number of hydrogen-bond donors (Lipinski definition) is 2. The SMILES string of the molecule is CCc1ccc(C(C)CC(=O)NC(C)c2ccc(OCC(=O)O)cc2)cc1. The number of aryl methyl sites for hydroxylation is 1. The van der Waals surface area contributed by atoms with Gasteiger partial charge in [0.25, 0.3) is 0 Å². The summed E-state index contributed by atoms with van der Waals surface area (Å²) in [6.07, 6.45) is 1.43. The van der Waals surface area contributed by atoms with E-state index in [-0.39, 0.29) is 24.5 Å². The van der Waals surface area contributed by atoms with E-state index in [4.69, 9.17) is 9.84 Å². The lowest BCUT2D eigenvalue weighted by Crippen LogP contribution is -2.27. The molecular formula is C22H27NO4. The summed E-state index contributed by atoms with van der Waals surface area (Å²) in [5.74, 6) is -0.377. The molecule has 2 N–H and O–H groups in total. The Hall–Kier alpha value is -2.82. The summed E-state index contributed by atoms with van der Waals surface area (Å²) in [5, 5.41) is 11.6. The van der Waals surface area contributed by atoms with Gasteiger partial charge in [-0.3, -0.25) is 4.79 Å². The first-order valence-electron chi connectivity index (χ1n) is 9.21. The van der Waals surface area contributed by atoms with Crippen molar-refractivity contribution < 1.29 is 19.4 Å². The van der Waals surface area contributed by atoms with Crippen molar-refractivity contribution in [2.75, 3.05) is 6.61 Å². The molecule has 0 bridgehead atoms. The number of carboxylic acids is 1. The van der Waals surface area contributed by atoms with Gasteiger partial charge in [0.05, 0.1) is 6.04 Å². The quantitative estimate of drug-likeness (QED) is 0.698. The third kappa shape index (κ3) is 6.44. The maximum atomic E-state index is 12.4. The van der Waals surface area contributed by atoms with Crippen molar-refractivity contribution in [2.24, 2.45) is 0 Å². The molecule has 27 heavy (non-hydrogen) atoms. The van der Waals surface area contributed by atoms with Crippen LogP contribution in [0.2, 0.25) is 0 Å². The van der Waals surface area contributed by atoms with E-state index < -0.39 is 5.97 Å². The van der Waals surface area contributed by atoms with Gasteiger partial charge in [0.15, 0.2) is 6.61 Å². The Morgan fingerprint density at radius 2 is 1.59 bits per heavy atom. The molecular weight excluding hydrogens is 342 g/mol. The van der Waals surface area contributed by atoms with Gasteiger partial charge in [-0.25, -0.2) is 4.79 Å². The lowest BCUT2D eigenvalue weighted by Gasteiger charge is -2.17. The zero-order chi connectivity index (χ0) is 19.8. The Morgan fingerprint density at radius 1 is 1.00 bits per heavy atom. The summed E-state index contributed by atoms with van der Waals surface area (Å²) < 4.78 is 5.11. The van der Waals surface area contributed by atoms with E-state index in [1.807, 2.05) is 19.1 Å². The number of aliphatic carboxylic acids is 1. The fourth-order valence-corrected chi connectivity index (χ4v) is 2.86. The summed E-state index contributed by atoms with van der Waals surface area (Å²) >= 11 is 0. The van der Waals surface area contributed by atoms with Gasteiger partial charge in [0.1, 0.15) is 5.75 Å². The summed E-state index contributed by atoms with van der Waals surface area (Å²) in [5.41, 5.74) is 3.39. The molecule has 2 rings (SSSR count). The third-order valence-electron chi connectivity index (χ3n) is 4.57. The summed E-state index contributed by atoms with van der Waals surface area (Å²) in [6, 6.07) is 15.3. The minimum absolute atomic E-state index is 0.000715. The highest BCUT2D eigenvalue weighted by atomic mass is 16.5. The summed E-state index contributed by atoms with van der Waals surface area (Å²) in [7, 11) is 0. The van der Waals surface area contributed by atoms with Crippen LogP contribution in [0.3, 0.4) is 0 Å².